The van der Waals surface area contributed by atoms with Gasteiger partial charge in [0, 0.05) is 31.6 Å². The zero-order chi connectivity index (χ0) is 15.1. The molecule has 0 unspecified atom stereocenters. The molecular weight excluding hydrogens is 276 g/mol. The van der Waals surface area contributed by atoms with Crippen LogP contribution in [0.15, 0.2) is 18.3 Å². The lowest BCUT2D eigenvalue weighted by atomic mass is 10.1. The van der Waals surface area contributed by atoms with E-state index in [0.29, 0.717) is 16.6 Å². The second-order valence-corrected chi connectivity index (χ2v) is 4.76. The fraction of sp³-hybridized carbons (Fsp3) is 0.231. The molecule has 3 rings (SSSR count). The number of anilines is 1. The number of carbonyl (C=O) groups excluding carboxylic acids is 2. The molecule has 2 heterocycles. The van der Waals surface area contributed by atoms with E-state index in [1.807, 2.05) is 0 Å². The van der Waals surface area contributed by atoms with Crippen LogP contribution in [0.3, 0.4) is 0 Å². The Morgan fingerprint density at radius 1 is 1.38 bits per heavy atom. The van der Waals surface area contributed by atoms with E-state index >= 15 is 0 Å². The number of carboxylic acids is 1. The number of amides is 3. The van der Waals surface area contributed by atoms with Crippen LogP contribution in [0.2, 0.25) is 0 Å². The summed E-state index contributed by atoms with van der Waals surface area (Å²) in [5.41, 5.74) is 0.920. The van der Waals surface area contributed by atoms with E-state index in [1.165, 1.54) is 15.6 Å². The molecule has 8 nitrogen and oxygen atoms in total. The average Bonchev–Trinajstić information content (AvgIpc) is 2.79. The van der Waals surface area contributed by atoms with Gasteiger partial charge in [-0.25, -0.2) is 9.59 Å². The zero-order valence-electron chi connectivity index (χ0n) is 11.2. The number of fused-ring (bicyclic) bond motifs is 1. The molecular formula is C13H12N4O4. The highest BCUT2D eigenvalue weighted by atomic mass is 16.4. The van der Waals surface area contributed by atoms with E-state index in [2.05, 4.69) is 10.4 Å². The van der Waals surface area contributed by atoms with Crippen molar-refractivity contribution in [2.45, 2.75) is 6.42 Å². The van der Waals surface area contributed by atoms with Crippen molar-refractivity contribution in [1.82, 2.24) is 15.1 Å². The molecule has 1 fully saturated rings. The van der Waals surface area contributed by atoms with Crippen LogP contribution >= 0.6 is 0 Å². The van der Waals surface area contributed by atoms with Gasteiger partial charge in [-0.05, 0) is 12.1 Å². The normalized spacial score (nSPS) is 15.4. The van der Waals surface area contributed by atoms with Crippen LogP contribution in [0.1, 0.15) is 16.8 Å². The lowest BCUT2D eigenvalue weighted by molar-refractivity contribution is -0.120. The Hall–Kier alpha value is -2.90. The molecule has 8 heteroatoms. The third-order valence-electron chi connectivity index (χ3n) is 3.34. The smallest absolute Gasteiger partial charge is 0.337 e. The molecule has 108 valence electrons. The molecule has 1 aromatic heterocycles. The number of aromatic carboxylic acids is 1. The standard InChI is InChI=1S/C13H12N4O4/c1-16-6-8-9(17-5-4-10(18)14-13(17)21)3-2-7(12(19)20)11(8)15-16/h2-3,6H,4-5H2,1H3,(H,19,20)(H,14,18,21). The van der Waals surface area contributed by atoms with Gasteiger partial charge >= 0.3 is 12.0 Å². The minimum atomic E-state index is -1.08. The molecule has 0 aliphatic carbocycles. The highest BCUT2D eigenvalue weighted by Crippen LogP contribution is 2.29. The predicted octanol–water partition coefficient (Wildman–Crippen LogP) is 0.718. The number of nitrogens with one attached hydrogen (secondary N) is 1. The fourth-order valence-electron chi connectivity index (χ4n) is 2.41. The van der Waals surface area contributed by atoms with Crippen LogP contribution in [0.4, 0.5) is 10.5 Å². The largest absolute Gasteiger partial charge is 0.478 e. The van der Waals surface area contributed by atoms with Crippen molar-refractivity contribution < 1.29 is 19.5 Å². The molecule has 0 spiro atoms. The molecule has 2 N–H and O–H groups in total. The lowest BCUT2D eigenvalue weighted by Gasteiger charge is -2.27. The van der Waals surface area contributed by atoms with Gasteiger partial charge in [0.1, 0.15) is 5.52 Å². The van der Waals surface area contributed by atoms with E-state index in [1.54, 1.807) is 19.3 Å². The van der Waals surface area contributed by atoms with Gasteiger partial charge in [0.15, 0.2) is 0 Å². The Kier molecular flexibility index (Phi) is 2.86. The Bertz CT molecular complexity index is 780. The Morgan fingerprint density at radius 2 is 2.14 bits per heavy atom. The Morgan fingerprint density at radius 3 is 2.81 bits per heavy atom. The van der Waals surface area contributed by atoms with E-state index in [4.69, 9.17) is 0 Å². The van der Waals surface area contributed by atoms with Crippen molar-refractivity contribution in [3.63, 3.8) is 0 Å². The number of nitrogens with zero attached hydrogens (tertiary/aromatic N) is 3. The molecule has 3 amide bonds. The summed E-state index contributed by atoms with van der Waals surface area (Å²) in [6.45, 7) is 0.251. The quantitative estimate of drug-likeness (QED) is 0.847. The first kappa shape index (κ1) is 13.1. The summed E-state index contributed by atoms with van der Waals surface area (Å²) in [7, 11) is 1.68. The van der Waals surface area contributed by atoms with E-state index in [0.717, 1.165) is 0 Å². The molecule has 21 heavy (non-hydrogen) atoms. The van der Waals surface area contributed by atoms with Gasteiger partial charge in [-0.2, -0.15) is 5.10 Å². The van der Waals surface area contributed by atoms with Crippen molar-refractivity contribution in [2.75, 3.05) is 11.4 Å². The summed E-state index contributed by atoms with van der Waals surface area (Å²) in [5.74, 6) is -1.40. The number of aromatic nitrogens is 2. The SMILES string of the molecule is Cn1cc2c(N3CCC(=O)NC3=O)ccc(C(=O)O)c2n1. The molecule has 1 saturated heterocycles. The maximum atomic E-state index is 11.9. The van der Waals surface area contributed by atoms with E-state index < -0.39 is 12.0 Å². The maximum Gasteiger partial charge on any atom is 0.337 e. The number of rotatable bonds is 2. The predicted molar refractivity (Wildman–Crippen MR) is 73.2 cm³/mol. The van der Waals surface area contributed by atoms with Crippen LogP contribution < -0.4 is 10.2 Å². The lowest BCUT2D eigenvalue weighted by Crippen LogP contribution is -2.49. The van der Waals surface area contributed by atoms with Gasteiger partial charge in [0.05, 0.1) is 11.3 Å². The molecule has 0 atom stereocenters. The molecule has 2 aromatic rings. The van der Waals surface area contributed by atoms with Gasteiger partial charge in [-0.15, -0.1) is 0 Å². The highest BCUT2D eigenvalue weighted by Gasteiger charge is 2.27. The zero-order valence-corrected chi connectivity index (χ0v) is 11.2. The van der Waals surface area contributed by atoms with Crippen LogP contribution in [0.5, 0.6) is 0 Å². The van der Waals surface area contributed by atoms with Gasteiger partial charge in [-0.1, -0.05) is 0 Å². The third kappa shape index (κ3) is 2.10. The summed E-state index contributed by atoms with van der Waals surface area (Å²) >= 11 is 0. The van der Waals surface area contributed by atoms with E-state index in [9.17, 15) is 19.5 Å². The third-order valence-corrected chi connectivity index (χ3v) is 3.34. The molecule has 0 saturated carbocycles. The number of aryl methyl sites for hydroxylation is 1. The highest BCUT2D eigenvalue weighted by molar-refractivity contribution is 6.12. The average molecular weight is 288 g/mol. The van der Waals surface area contributed by atoms with Crippen LogP contribution in [0.25, 0.3) is 10.9 Å². The number of hydrogen-bond acceptors (Lipinski definition) is 4. The monoisotopic (exact) mass is 288 g/mol. The number of imide groups is 1. The van der Waals surface area contributed by atoms with Gasteiger partial charge in [0.25, 0.3) is 0 Å². The molecule has 1 aliphatic rings. The topological polar surface area (TPSA) is 105 Å². The molecule has 0 radical (unpaired) electrons. The number of hydrogen-bond donors (Lipinski definition) is 2. The first-order valence-corrected chi connectivity index (χ1v) is 6.28. The van der Waals surface area contributed by atoms with Gasteiger partial charge in [-0.3, -0.25) is 19.7 Å². The summed E-state index contributed by atoms with van der Waals surface area (Å²) in [5, 5.41) is 16.1. The number of carboxylic acid groups (broad SMARTS) is 1. The van der Waals surface area contributed by atoms with E-state index in [-0.39, 0.29) is 24.4 Å². The Balaban J connectivity index is 2.16. The van der Waals surface area contributed by atoms with Gasteiger partial charge < -0.3 is 5.11 Å². The Labute approximate surface area is 118 Å². The summed E-state index contributed by atoms with van der Waals surface area (Å²) in [6.07, 6.45) is 1.86. The van der Waals surface area contributed by atoms with Crippen molar-refractivity contribution in [3.8, 4) is 0 Å². The summed E-state index contributed by atoms with van der Waals surface area (Å²) < 4.78 is 1.49. The van der Waals surface area contributed by atoms with Crippen molar-refractivity contribution in [3.05, 3.63) is 23.9 Å². The first-order chi connectivity index (χ1) is 9.97. The number of carbonyl (C=O) groups is 3. The molecule has 1 aliphatic heterocycles. The first-order valence-electron chi connectivity index (χ1n) is 6.28. The number of benzene rings is 1. The molecule has 1 aromatic carbocycles. The summed E-state index contributed by atoms with van der Waals surface area (Å²) in [6, 6.07) is 2.46. The summed E-state index contributed by atoms with van der Waals surface area (Å²) in [4.78, 5) is 35.8. The van der Waals surface area contributed by atoms with Crippen molar-refractivity contribution >= 4 is 34.5 Å². The fourth-order valence-corrected chi connectivity index (χ4v) is 2.41. The second-order valence-electron chi connectivity index (χ2n) is 4.76. The number of urea groups is 1. The van der Waals surface area contributed by atoms with Crippen LogP contribution in [-0.4, -0.2) is 39.3 Å². The van der Waals surface area contributed by atoms with Crippen LogP contribution in [-0.2, 0) is 11.8 Å². The van der Waals surface area contributed by atoms with Crippen molar-refractivity contribution in [2.24, 2.45) is 7.05 Å². The van der Waals surface area contributed by atoms with Gasteiger partial charge in [0.2, 0.25) is 5.91 Å². The second kappa shape index (κ2) is 4.58. The minimum absolute atomic E-state index is 0.0721. The maximum absolute atomic E-state index is 11.9. The molecule has 0 bridgehead atoms. The van der Waals surface area contributed by atoms with Crippen molar-refractivity contribution in [1.29, 1.82) is 0 Å². The minimum Gasteiger partial charge on any atom is -0.478 e. The van der Waals surface area contributed by atoms with Crippen LogP contribution in [0, 0.1) is 0 Å².